The molecule has 0 aliphatic carbocycles. The van der Waals surface area contributed by atoms with Crippen LogP contribution in [0.25, 0.3) is 0 Å². The second-order valence-corrected chi connectivity index (χ2v) is 5.32. The summed E-state index contributed by atoms with van der Waals surface area (Å²) in [7, 11) is 1.84. The highest BCUT2D eigenvalue weighted by Gasteiger charge is 2.22. The lowest BCUT2D eigenvalue weighted by molar-refractivity contribution is -0.128. The van der Waals surface area contributed by atoms with Gasteiger partial charge in [-0.25, -0.2) is 4.79 Å². The molecule has 0 aromatic carbocycles. The second kappa shape index (κ2) is 6.55. The van der Waals surface area contributed by atoms with E-state index in [0.717, 1.165) is 6.42 Å². The first-order valence-electron chi connectivity index (χ1n) is 7.14. The van der Waals surface area contributed by atoms with Crippen LogP contribution in [0.5, 0.6) is 0 Å². The van der Waals surface area contributed by atoms with E-state index in [0.29, 0.717) is 32.0 Å². The molecule has 0 unspecified atom stereocenters. The fourth-order valence-corrected chi connectivity index (χ4v) is 2.46. The third-order valence-electron chi connectivity index (χ3n) is 3.70. The summed E-state index contributed by atoms with van der Waals surface area (Å²) in [4.78, 5) is 27.2. The van der Waals surface area contributed by atoms with Crippen molar-refractivity contribution in [1.82, 2.24) is 29.9 Å². The zero-order chi connectivity index (χ0) is 15.4. The predicted molar refractivity (Wildman–Crippen MR) is 76.4 cm³/mol. The lowest BCUT2D eigenvalue weighted by Crippen LogP contribution is -2.43. The minimum absolute atomic E-state index is 0.0599. The Hall–Kier alpha value is -2.12. The summed E-state index contributed by atoms with van der Waals surface area (Å²) in [5.74, 6) is 0.772. The first-order valence-corrected chi connectivity index (χ1v) is 7.14. The average molecular weight is 294 g/mol. The van der Waals surface area contributed by atoms with E-state index < -0.39 is 0 Å². The van der Waals surface area contributed by atoms with Crippen LogP contribution in [0.4, 0.5) is 4.79 Å². The van der Waals surface area contributed by atoms with E-state index in [-0.39, 0.29) is 18.0 Å². The Morgan fingerprint density at radius 1 is 1.24 bits per heavy atom. The molecule has 1 aromatic rings. The van der Waals surface area contributed by atoms with E-state index in [2.05, 4.69) is 15.5 Å². The van der Waals surface area contributed by atoms with Gasteiger partial charge in [0.2, 0.25) is 5.91 Å². The van der Waals surface area contributed by atoms with Gasteiger partial charge in [0.1, 0.15) is 6.33 Å². The van der Waals surface area contributed by atoms with Crippen LogP contribution in [0, 0.1) is 0 Å². The zero-order valence-corrected chi connectivity index (χ0v) is 12.7. The van der Waals surface area contributed by atoms with Crippen molar-refractivity contribution in [2.24, 2.45) is 7.05 Å². The summed E-state index contributed by atoms with van der Waals surface area (Å²) in [6.07, 6.45) is 2.40. The maximum atomic E-state index is 12.3. The van der Waals surface area contributed by atoms with E-state index in [1.807, 2.05) is 14.0 Å². The molecule has 0 saturated carbocycles. The quantitative estimate of drug-likeness (QED) is 0.841. The van der Waals surface area contributed by atoms with Gasteiger partial charge in [-0.15, -0.1) is 10.2 Å². The number of nitrogens with zero attached hydrogens (tertiary/aromatic N) is 5. The highest BCUT2D eigenvalue weighted by molar-refractivity contribution is 5.75. The van der Waals surface area contributed by atoms with Gasteiger partial charge in [0.25, 0.3) is 0 Å². The van der Waals surface area contributed by atoms with Crippen molar-refractivity contribution < 1.29 is 9.59 Å². The van der Waals surface area contributed by atoms with Crippen LogP contribution >= 0.6 is 0 Å². The Labute approximate surface area is 124 Å². The molecule has 0 spiro atoms. The molecule has 0 radical (unpaired) electrons. The van der Waals surface area contributed by atoms with Gasteiger partial charge in [-0.2, -0.15) is 0 Å². The van der Waals surface area contributed by atoms with Crippen LogP contribution in [-0.2, 0) is 11.8 Å². The largest absolute Gasteiger partial charge is 0.341 e. The van der Waals surface area contributed by atoms with Crippen molar-refractivity contribution in [3.8, 4) is 0 Å². The zero-order valence-electron chi connectivity index (χ0n) is 12.7. The van der Waals surface area contributed by atoms with Gasteiger partial charge in [0, 0.05) is 40.2 Å². The van der Waals surface area contributed by atoms with E-state index in [4.69, 9.17) is 0 Å². The minimum Gasteiger partial charge on any atom is -0.341 e. The summed E-state index contributed by atoms with van der Waals surface area (Å²) in [6.45, 7) is 5.94. The average Bonchev–Trinajstić information content (AvgIpc) is 2.72. The van der Waals surface area contributed by atoms with Gasteiger partial charge in [0.05, 0.1) is 6.04 Å². The fourth-order valence-electron chi connectivity index (χ4n) is 2.46. The summed E-state index contributed by atoms with van der Waals surface area (Å²) in [5.41, 5.74) is 0. The molecular formula is C13H22N6O2. The Balaban J connectivity index is 1.91. The molecule has 1 fully saturated rings. The van der Waals surface area contributed by atoms with Crippen molar-refractivity contribution in [2.75, 3.05) is 26.2 Å². The maximum absolute atomic E-state index is 12.3. The van der Waals surface area contributed by atoms with Crippen molar-refractivity contribution in [3.05, 3.63) is 12.2 Å². The van der Waals surface area contributed by atoms with E-state index in [9.17, 15) is 9.59 Å². The number of aromatic nitrogens is 3. The molecule has 1 aliphatic heterocycles. The van der Waals surface area contributed by atoms with E-state index >= 15 is 0 Å². The molecule has 2 heterocycles. The molecule has 3 amide bonds. The van der Waals surface area contributed by atoms with Crippen LogP contribution in [0.2, 0.25) is 0 Å². The van der Waals surface area contributed by atoms with Crippen LogP contribution in [0.15, 0.2) is 6.33 Å². The molecule has 1 aliphatic rings. The number of carbonyl (C=O) groups is 2. The standard InChI is InChI=1S/C13H22N6O2/c1-10(12-16-14-9-17(12)3)15-13(21)19-6-4-5-18(7-8-19)11(2)20/h9-10H,4-8H2,1-3H3,(H,15,21)/t10-/m1/s1. The molecular weight excluding hydrogens is 272 g/mol. The molecule has 8 heteroatoms. The molecule has 0 bridgehead atoms. The summed E-state index contributed by atoms with van der Waals surface area (Å²) in [6, 6.07) is -0.340. The lowest BCUT2D eigenvalue weighted by atomic mass is 10.3. The van der Waals surface area contributed by atoms with Gasteiger partial charge in [-0.1, -0.05) is 0 Å². The third-order valence-corrected chi connectivity index (χ3v) is 3.70. The number of nitrogens with one attached hydrogen (secondary N) is 1. The molecule has 1 saturated heterocycles. The number of hydrogen-bond donors (Lipinski definition) is 1. The van der Waals surface area contributed by atoms with Gasteiger partial charge in [0.15, 0.2) is 5.82 Å². The van der Waals surface area contributed by atoms with Crippen molar-refractivity contribution in [3.63, 3.8) is 0 Å². The topological polar surface area (TPSA) is 83.4 Å². The fraction of sp³-hybridized carbons (Fsp3) is 0.692. The van der Waals surface area contributed by atoms with Crippen molar-refractivity contribution >= 4 is 11.9 Å². The number of hydrogen-bond acceptors (Lipinski definition) is 4. The van der Waals surface area contributed by atoms with Gasteiger partial charge >= 0.3 is 6.03 Å². The summed E-state index contributed by atoms with van der Waals surface area (Å²) >= 11 is 0. The lowest BCUT2D eigenvalue weighted by Gasteiger charge is -2.23. The van der Waals surface area contributed by atoms with E-state index in [1.54, 1.807) is 27.6 Å². The van der Waals surface area contributed by atoms with Crippen molar-refractivity contribution in [2.45, 2.75) is 26.3 Å². The highest BCUT2D eigenvalue weighted by Crippen LogP contribution is 2.09. The number of amides is 3. The molecule has 8 nitrogen and oxygen atoms in total. The van der Waals surface area contributed by atoms with Gasteiger partial charge in [-0.3, -0.25) is 4.79 Å². The number of rotatable bonds is 2. The van der Waals surface area contributed by atoms with Gasteiger partial charge in [-0.05, 0) is 13.3 Å². The Morgan fingerprint density at radius 3 is 2.52 bits per heavy atom. The second-order valence-electron chi connectivity index (χ2n) is 5.32. The third kappa shape index (κ3) is 3.71. The van der Waals surface area contributed by atoms with Crippen LogP contribution in [0.3, 0.4) is 0 Å². The van der Waals surface area contributed by atoms with Crippen LogP contribution < -0.4 is 5.32 Å². The smallest absolute Gasteiger partial charge is 0.318 e. The minimum atomic E-state index is -0.211. The molecule has 116 valence electrons. The SMILES string of the molecule is CC(=O)N1CCCN(C(=O)N[C@H](C)c2nncn2C)CC1. The van der Waals surface area contributed by atoms with Crippen LogP contribution in [-0.4, -0.2) is 62.7 Å². The molecule has 2 rings (SSSR count). The maximum Gasteiger partial charge on any atom is 0.318 e. The molecule has 1 N–H and O–H groups in total. The normalized spacial score (nSPS) is 17.3. The first kappa shape index (κ1) is 15.3. The Kier molecular flexibility index (Phi) is 4.77. The Morgan fingerprint density at radius 2 is 1.90 bits per heavy atom. The number of urea groups is 1. The number of aryl methyl sites for hydroxylation is 1. The Bertz CT molecular complexity index is 515. The summed E-state index contributed by atoms with van der Waals surface area (Å²) in [5, 5.41) is 10.7. The predicted octanol–water partition coefficient (Wildman–Crippen LogP) is 0.140. The molecule has 1 aromatic heterocycles. The summed E-state index contributed by atoms with van der Waals surface area (Å²) < 4.78 is 1.78. The van der Waals surface area contributed by atoms with Crippen molar-refractivity contribution in [1.29, 1.82) is 0 Å². The number of carbonyl (C=O) groups excluding carboxylic acids is 2. The molecule has 21 heavy (non-hydrogen) atoms. The first-order chi connectivity index (χ1) is 9.99. The van der Waals surface area contributed by atoms with E-state index in [1.165, 1.54) is 0 Å². The molecule has 1 atom stereocenters. The van der Waals surface area contributed by atoms with Crippen LogP contribution in [0.1, 0.15) is 32.1 Å². The van der Waals surface area contributed by atoms with Gasteiger partial charge < -0.3 is 19.7 Å². The highest BCUT2D eigenvalue weighted by atomic mass is 16.2. The monoisotopic (exact) mass is 294 g/mol.